The molecule has 0 saturated carbocycles. The summed E-state index contributed by atoms with van der Waals surface area (Å²) in [5.41, 5.74) is 1.99. The fourth-order valence-corrected chi connectivity index (χ4v) is 2.02. The number of aromatic nitrogens is 1. The highest BCUT2D eigenvalue weighted by molar-refractivity contribution is 5.45. The summed E-state index contributed by atoms with van der Waals surface area (Å²) >= 11 is 0. The Morgan fingerprint density at radius 2 is 1.88 bits per heavy atom. The Morgan fingerprint density at radius 3 is 2.35 bits per heavy atom. The fourth-order valence-electron chi connectivity index (χ4n) is 2.02. The van der Waals surface area contributed by atoms with E-state index in [0.29, 0.717) is 19.0 Å². The molecule has 0 aliphatic carbocycles. The van der Waals surface area contributed by atoms with Crippen molar-refractivity contribution < 1.29 is 8.78 Å². The van der Waals surface area contributed by atoms with Gasteiger partial charge in [0.1, 0.15) is 0 Å². The first-order valence-corrected chi connectivity index (χ1v) is 6.07. The molecule has 0 bridgehead atoms. The van der Waals surface area contributed by atoms with Crippen LogP contribution in [0.15, 0.2) is 18.3 Å². The first-order chi connectivity index (χ1) is 7.98. The number of hydrogen-bond acceptors (Lipinski definition) is 2. The Balaban J connectivity index is 2.04. The number of rotatable bonds is 2. The minimum absolute atomic E-state index is 0.0566. The van der Waals surface area contributed by atoms with E-state index in [0.717, 1.165) is 11.4 Å². The van der Waals surface area contributed by atoms with Gasteiger partial charge in [-0.15, -0.1) is 0 Å². The third-order valence-corrected chi connectivity index (χ3v) is 3.22. The average molecular weight is 240 g/mol. The third kappa shape index (κ3) is 2.93. The number of anilines is 1. The van der Waals surface area contributed by atoms with E-state index in [-0.39, 0.29) is 12.8 Å². The lowest BCUT2D eigenvalue weighted by molar-refractivity contribution is -0.0220. The molecule has 2 nitrogen and oxygen atoms in total. The van der Waals surface area contributed by atoms with Gasteiger partial charge in [-0.2, -0.15) is 0 Å². The van der Waals surface area contributed by atoms with Crippen LogP contribution in [-0.4, -0.2) is 24.0 Å². The first-order valence-electron chi connectivity index (χ1n) is 6.07. The second-order valence-electron chi connectivity index (χ2n) is 4.94. The van der Waals surface area contributed by atoms with E-state index in [9.17, 15) is 8.78 Å². The summed E-state index contributed by atoms with van der Waals surface area (Å²) in [6.45, 7) is 5.00. The van der Waals surface area contributed by atoms with Crippen LogP contribution >= 0.6 is 0 Å². The molecule has 2 rings (SSSR count). The van der Waals surface area contributed by atoms with Crippen molar-refractivity contribution >= 4 is 5.69 Å². The van der Waals surface area contributed by atoms with Crippen molar-refractivity contribution in [3.8, 4) is 0 Å². The summed E-state index contributed by atoms with van der Waals surface area (Å²) in [6.07, 6.45) is 1.68. The smallest absolute Gasteiger partial charge is 0.251 e. The number of alkyl halides is 2. The molecular weight excluding hydrogens is 222 g/mol. The van der Waals surface area contributed by atoms with Crippen molar-refractivity contribution in [2.24, 2.45) is 0 Å². The van der Waals surface area contributed by atoms with Crippen molar-refractivity contribution in [3.05, 3.63) is 24.0 Å². The lowest BCUT2D eigenvalue weighted by atomic mass is 10.1. The number of hydrogen-bond donors (Lipinski definition) is 0. The van der Waals surface area contributed by atoms with Crippen molar-refractivity contribution in [2.45, 2.75) is 38.5 Å². The molecule has 1 aliphatic rings. The van der Waals surface area contributed by atoms with E-state index in [1.54, 1.807) is 6.20 Å². The molecular formula is C13H18F2N2. The van der Waals surface area contributed by atoms with Gasteiger partial charge in [0, 0.05) is 31.6 Å². The van der Waals surface area contributed by atoms with Crippen molar-refractivity contribution in [1.82, 2.24) is 4.98 Å². The minimum Gasteiger partial charge on any atom is -0.370 e. The maximum Gasteiger partial charge on any atom is 0.251 e. The van der Waals surface area contributed by atoms with Crippen LogP contribution in [0, 0.1) is 0 Å². The highest BCUT2D eigenvalue weighted by atomic mass is 19.3. The van der Waals surface area contributed by atoms with Gasteiger partial charge in [-0.1, -0.05) is 13.8 Å². The van der Waals surface area contributed by atoms with E-state index in [1.807, 2.05) is 17.0 Å². The predicted molar refractivity (Wildman–Crippen MR) is 64.7 cm³/mol. The zero-order valence-corrected chi connectivity index (χ0v) is 10.3. The molecule has 0 amide bonds. The topological polar surface area (TPSA) is 16.1 Å². The van der Waals surface area contributed by atoms with E-state index in [2.05, 4.69) is 18.8 Å². The highest BCUT2D eigenvalue weighted by Crippen LogP contribution is 2.30. The first kappa shape index (κ1) is 12.3. The van der Waals surface area contributed by atoms with Gasteiger partial charge in [0.2, 0.25) is 0 Å². The maximum atomic E-state index is 13.0. The van der Waals surface area contributed by atoms with E-state index >= 15 is 0 Å². The zero-order chi connectivity index (χ0) is 12.5. The summed E-state index contributed by atoms with van der Waals surface area (Å²) in [5.74, 6) is -2.09. The Morgan fingerprint density at radius 1 is 1.24 bits per heavy atom. The number of pyridine rings is 1. The van der Waals surface area contributed by atoms with Crippen LogP contribution in [0.3, 0.4) is 0 Å². The predicted octanol–water partition coefficient (Wildman–Crippen LogP) is 3.44. The summed E-state index contributed by atoms with van der Waals surface area (Å²) in [4.78, 5) is 6.34. The molecule has 0 aromatic carbocycles. The van der Waals surface area contributed by atoms with Gasteiger partial charge in [0.25, 0.3) is 5.92 Å². The van der Waals surface area contributed by atoms with Crippen molar-refractivity contribution in [2.75, 3.05) is 18.0 Å². The second-order valence-corrected chi connectivity index (χ2v) is 4.94. The molecule has 17 heavy (non-hydrogen) atoms. The molecule has 0 spiro atoms. The van der Waals surface area contributed by atoms with Crippen molar-refractivity contribution in [3.63, 3.8) is 0 Å². The normalized spacial score (nSPS) is 19.7. The lowest BCUT2D eigenvalue weighted by Gasteiger charge is -2.33. The summed E-state index contributed by atoms with van der Waals surface area (Å²) in [7, 11) is 0. The molecule has 1 aliphatic heterocycles. The number of nitrogens with zero attached hydrogens (tertiary/aromatic N) is 2. The van der Waals surface area contributed by atoms with Crippen LogP contribution in [0.1, 0.15) is 38.3 Å². The summed E-state index contributed by atoms with van der Waals surface area (Å²) in [5, 5.41) is 0. The molecule has 0 radical (unpaired) electrons. The quantitative estimate of drug-likeness (QED) is 0.787. The minimum atomic E-state index is -2.48. The van der Waals surface area contributed by atoms with Gasteiger partial charge in [-0.25, -0.2) is 8.78 Å². The second kappa shape index (κ2) is 4.59. The molecule has 94 valence electrons. The van der Waals surface area contributed by atoms with Crippen LogP contribution in [0.5, 0.6) is 0 Å². The van der Waals surface area contributed by atoms with Gasteiger partial charge < -0.3 is 4.90 Å². The van der Waals surface area contributed by atoms with Crippen molar-refractivity contribution in [1.29, 1.82) is 0 Å². The highest BCUT2D eigenvalue weighted by Gasteiger charge is 2.34. The largest absolute Gasteiger partial charge is 0.370 e. The molecule has 2 heterocycles. The summed E-state index contributed by atoms with van der Waals surface area (Å²) < 4.78 is 26.0. The van der Waals surface area contributed by atoms with Crippen LogP contribution < -0.4 is 4.90 Å². The van der Waals surface area contributed by atoms with Gasteiger partial charge in [0.15, 0.2) is 0 Å². The van der Waals surface area contributed by atoms with Crippen LogP contribution in [0.4, 0.5) is 14.5 Å². The SMILES string of the molecule is CC(C)c1ccc(N2CCC(F)(F)CC2)cn1. The standard InChI is InChI=1S/C13H18F2N2/c1-10(2)12-4-3-11(9-16-12)17-7-5-13(14,15)6-8-17/h3-4,9-10H,5-8H2,1-2H3. The molecule has 0 atom stereocenters. The molecule has 1 fully saturated rings. The monoisotopic (exact) mass is 240 g/mol. The van der Waals surface area contributed by atoms with Gasteiger partial charge >= 0.3 is 0 Å². The number of piperidine rings is 1. The maximum absolute atomic E-state index is 13.0. The van der Waals surface area contributed by atoms with E-state index in [1.165, 1.54) is 0 Å². The Hall–Kier alpha value is -1.19. The molecule has 1 aromatic heterocycles. The van der Waals surface area contributed by atoms with E-state index < -0.39 is 5.92 Å². The molecule has 1 saturated heterocycles. The lowest BCUT2D eigenvalue weighted by Crippen LogP contribution is -2.39. The molecule has 0 unspecified atom stereocenters. The Kier molecular flexibility index (Phi) is 3.31. The number of halogens is 2. The fraction of sp³-hybridized carbons (Fsp3) is 0.615. The molecule has 1 aromatic rings. The van der Waals surface area contributed by atoms with E-state index in [4.69, 9.17) is 0 Å². The summed E-state index contributed by atoms with van der Waals surface area (Å²) in [6, 6.07) is 3.96. The zero-order valence-electron chi connectivity index (χ0n) is 10.3. The van der Waals surface area contributed by atoms with Crippen LogP contribution in [0.2, 0.25) is 0 Å². The Labute approximate surface area is 101 Å². The third-order valence-electron chi connectivity index (χ3n) is 3.22. The van der Waals surface area contributed by atoms with Crippen LogP contribution in [-0.2, 0) is 0 Å². The van der Waals surface area contributed by atoms with Gasteiger partial charge in [0.05, 0.1) is 11.9 Å². The van der Waals surface area contributed by atoms with Gasteiger partial charge in [-0.05, 0) is 18.1 Å². The van der Waals surface area contributed by atoms with Crippen LogP contribution in [0.25, 0.3) is 0 Å². The molecule has 4 heteroatoms. The van der Waals surface area contributed by atoms with Gasteiger partial charge in [-0.3, -0.25) is 4.98 Å². The average Bonchev–Trinajstić information content (AvgIpc) is 2.29. The molecule has 0 N–H and O–H groups in total. The Bertz CT molecular complexity index is 364.